The minimum absolute atomic E-state index is 0. The molecule has 0 spiro atoms. The van der Waals surface area contributed by atoms with Gasteiger partial charge in [0.2, 0.25) is 0 Å². The minimum Gasteiger partial charge on any atom is -0.302 e. The van der Waals surface area contributed by atoms with Gasteiger partial charge in [0.05, 0.1) is 13.2 Å². The molecule has 6 heteroatoms. The van der Waals surface area contributed by atoms with Gasteiger partial charge in [0.15, 0.2) is 0 Å². The molecule has 0 amide bonds. The monoisotopic (exact) mass is 324 g/mol. The minimum atomic E-state index is -3.82. The van der Waals surface area contributed by atoms with Gasteiger partial charge in [-0.25, -0.2) is 4.57 Å². The van der Waals surface area contributed by atoms with Crippen LogP contribution in [0.2, 0.25) is 0 Å². The molecule has 0 aromatic heterocycles. The first kappa shape index (κ1) is 20.9. The van der Waals surface area contributed by atoms with Crippen LogP contribution >= 0.6 is 7.82 Å². The quantitative estimate of drug-likeness (QED) is 0.352. The number of unbranched alkanes of at least 4 members (excludes halogenated alkanes) is 2. The van der Waals surface area contributed by atoms with Gasteiger partial charge in [0.25, 0.3) is 0 Å². The van der Waals surface area contributed by atoms with Gasteiger partial charge < -0.3 is 4.89 Å². The van der Waals surface area contributed by atoms with Crippen molar-refractivity contribution >= 4 is 7.82 Å². The molecule has 1 N–H and O–H groups in total. The van der Waals surface area contributed by atoms with E-state index in [1.165, 1.54) is 0 Å². The summed E-state index contributed by atoms with van der Waals surface area (Å²) >= 11 is 0. The van der Waals surface area contributed by atoms with Crippen molar-refractivity contribution in [3.63, 3.8) is 0 Å². The summed E-state index contributed by atoms with van der Waals surface area (Å²) in [5.41, 5.74) is 0. The van der Waals surface area contributed by atoms with Crippen molar-refractivity contribution in [2.45, 2.75) is 59.3 Å². The van der Waals surface area contributed by atoms with E-state index in [1.807, 2.05) is 6.92 Å². The number of hydrogen-bond donors (Lipinski definition) is 1. The van der Waals surface area contributed by atoms with E-state index in [0.717, 1.165) is 38.5 Å². The molecule has 0 rings (SSSR count). The molecule has 0 aliphatic carbocycles. The molecule has 0 heterocycles. The van der Waals surface area contributed by atoms with E-state index in [0.29, 0.717) is 12.5 Å². The Morgan fingerprint density at radius 2 is 1.72 bits per heavy atom. The van der Waals surface area contributed by atoms with Crippen LogP contribution in [-0.2, 0) is 30.1 Å². The van der Waals surface area contributed by atoms with Crippen LogP contribution in [0.15, 0.2) is 0 Å². The molecule has 0 radical (unpaired) electrons. The molecule has 0 aromatic carbocycles. The number of rotatable bonds is 11. The normalized spacial score (nSPS) is 15.8. The second-order valence-electron chi connectivity index (χ2n) is 4.37. The first-order valence-electron chi connectivity index (χ1n) is 6.67. The predicted octanol–water partition coefficient (Wildman–Crippen LogP) is 4.13. The van der Waals surface area contributed by atoms with Gasteiger partial charge in [-0.1, -0.05) is 46.5 Å². The third kappa shape index (κ3) is 11.7. The molecule has 0 aromatic rings. The van der Waals surface area contributed by atoms with E-state index in [4.69, 9.17) is 9.05 Å². The summed E-state index contributed by atoms with van der Waals surface area (Å²) in [6, 6.07) is 0. The van der Waals surface area contributed by atoms with Crippen LogP contribution in [-0.4, -0.2) is 18.1 Å². The molecule has 0 bridgehead atoms. The number of hydrogen-bond acceptors (Lipinski definition) is 3. The maximum Gasteiger partial charge on any atom is 0.472 e. The van der Waals surface area contributed by atoms with Crippen LogP contribution in [0.1, 0.15) is 59.3 Å². The summed E-state index contributed by atoms with van der Waals surface area (Å²) in [5, 5.41) is 0. The fourth-order valence-electron chi connectivity index (χ4n) is 1.46. The molecule has 0 aliphatic rings. The SMILES string of the molecule is CCCCOP(=O)(O)OCC(CC)CCCC.[Ni]. The molecule has 18 heavy (non-hydrogen) atoms. The summed E-state index contributed by atoms with van der Waals surface area (Å²) in [6.07, 6.45) is 6.00. The van der Waals surface area contributed by atoms with Gasteiger partial charge in [-0.3, -0.25) is 9.05 Å². The van der Waals surface area contributed by atoms with Crippen LogP contribution in [0.4, 0.5) is 0 Å². The summed E-state index contributed by atoms with van der Waals surface area (Å²) in [5.74, 6) is 0.352. The second-order valence-corrected chi connectivity index (χ2v) is 5.82. The molecule has 114 valence electrons. The maximum absolute atomic E-state index is 11.5. The largest absolute Gasteiger partial charge is 0.472 e. The smallest absolute Gasteiger partial charge is 0.302 e. The van der Waals surface area contributed by atoms with Crippen molar-refractivity contribution in [3.05, 3.63) is 0 Å². The van der Waals surface area contributed by atoms with E-state index in [9.17, 15) is 9.46 Å². The van der Waals surface area contributed by atoms with Gasteiger partial charge in [-0.2, -0.15) is 0 Å². The van der Waals surface area contributed by atoms with E-state index < -0.39 is 7.82 Å². The van der Waals surface area contributed by atoms with Crippen molar-refractivity contribution < 1.29 is 35.0 Å². The van der Waals surface area contributed by atoms with Crippen molar-refractivity contribution in [2.75, 3.05) is 13.2 Å². The van der Waals surface area contributed by atoms with Crippen molar-refractivity contribution in [1.29, 1.82) is 0 Å². The maximum atomic E-state index is 11.5. The molecule has 4 nitrogen and oxygen atoms in total. The van der Waals surface area contributed by atoms with E-state index >= 15 is 0 Å². The number of phosphoric acid groups is 1. The summed E-state index contributed by atoms with van der Waals surface area (Å²) in [7, 11) is -3.82. The van der Waals surface area contributed by atoms with Crippen LogP contribution in [0.3, 0.4) is 0 Å². The van der Waals surface area contributed by atoms with Gasteiger partial charge in [-0.05, 0) is 18.8 Å². The molecular weight excluding hydrogens is 298 g/mol. The third-order valence-electron chi connectivity index (χ3n) is 2.77. The Morgan fingerprint density at radius 3 is 2.22 bits per heavy atom. The fraction of sp³-hybridized carbons (Fsp3) is 1.00. The Bertz CT molecular complexity index is 226. The first-order valence-corrected chi connectivity index (χ1v) is 8.17. The zero-order valence-corrected chi connectivity index (χ0v) is 13.6. The summed E-state index contributed by atoms with van der Waals surface area (Å²) in [6.45, 7) is 6.82. The standard InChI is InChI=1S/C12H27O4P.Ni/c1-4-7-9-12(6-3)11-16-17(13,14)15-10-8-5-2;/h12H,4-11H2,1-3H3,(H,13,14);. The average Bonchev–Trinajstić information content (AvgIpc) is 2.29. The molecule has 0 saturated carbocycles. The Hall–Kier alpha value is 0.604. The average molecular weight is 325 g/mol. The topological polar surface area (TPSA) is 55.8 Å². The summed E-state index contributed by atoms with van der Waals surface area (Å²) < 4.78 is 21.4. The Labute approximate surface area is 121 Å². The van der Waals surface area contributed by atoms with Crippen molar-refractivity contribution in [1.82, 2.24) is 0 Å². The number of phosphoric ester groups is 1. The van der Waals surface area contributed by atoms with Crippen LogP contribution in [0.25, 0.3) is 0 Å². The van der Waals surface area contributed by atoms with Gasteiger partial charge >= 0.3 is 7.82 Å². The van der Waals surface area contributed by atoms with Gasteiger partial charge in [0.1, 0.15) is 0 Å². The Kier molecular flexibility index (Phi) is 14.7. The van der Waals surface area contributed by atoms with Crippen molar-refractivity contribution in [2.24, 2.45) is 5.92 Å². The predicted molar refractivity (Wildman–Crippen MR) is 69.9 cm³/mol. The molecule has 2 unspecified atom stereocenters. The van der Waals surface area contributed by atoms with Crippen molar-refractivity contribution in [3.8, 4) is 0 Å². The molecule has 2 atom stereocenters. The van der Waals surface area contributed by atoms with E-state index in [2.05, 4.69) is 13.8 Å². The van der Waals surface area contributed by atoms with Crippen LogP contribution < -0.4 is 0 Å². The van der Waals surface area contributed by atoms with E-state index in [1.54, 1.807) is 0 Å². The summed E-state index contributed by atoms with van der Waals surface area (Å²) in [4.78, 5) is 9.42. The molecule has 0 fully saturated rings. The Morgan fingerprint density at radius 1 is 1.11 bits per heavy atom. The zero-order valence-electron chi connectivity index (χ0n) is 11.7. The van der Waals surface area contributed by atoms with Gasteiger partial charge in [-0.15, -0.1) is 0 Å². The third-order valence-corrected chi connectivity index (χ3v) is 3.75. The fourth-order valence-corrected chi connectivity index (χ4v) is 2.29. The molecular formula is C12H27NiO4P. The Balaban J connectivity index is 0. The van der Waals surface area contributed by atoms with E-state index in [-0.39, 0.29) is 23.1 Å². The molecule has 0 saturated heterocycles. The van der Waals surface area contributed by atoms with Gasteiger partial charge in [0, 0.05) is 16.5 Å². The molecule has 0 aliphatic heterocycles. The zero-order chi connectivity index (χ0) is 13.1. The van der Waals surface area contributed by atoms with Crippen LogP contribution in [0, 0.1) is 5.92 Å². The van der Waals surface area contributed by atoms with Crippen LogP contribution in [0.5, 0.6) is 0 Å². The first-order chi connectivity index (χ1) is 8.05. The second kappa shape index (κ2) is 12.6.